The fourth-order valence-corrected chi connectivity index (χ4v) is 4.54. The van der Waals surface area contributed by atoms with Crippen LogP contribution in [0.4, 0.5) is 5.69 Å². The van der Waals surface area contributed by atoms with Gasteiger partial charge in [0.25, 0.3) is 0 Å². The Morgan fingerprint density at radius 3 is 2.69 bits per heavy atom. The van der Waals surface area contributed by atoms with Crippen molar-refractivity contribution in [2.75, 3.05) is 37.9 Å². The summed E-state index contributed by atoms with van der Waals surface area (Å²) < 4.78 is 17.1. The molecule has 1 unspecified atom stereocenters. The number of carbonyl (C=O) groups is 1. The molecule has 0 saturated heterocycles. The largest absolute Gasteiger partial charge is 0.491 e. The van der Waals surface area contributed by atoms with Gasteiger partial charge < -0.3 is 24.4 Å². The smallest absolute Gasteiger partial charge is 0.245 e. The van der Waals surface area contributed by atoms with Crippen molar-refractivity contribution in [1.82, 2.24) is 5.32 Å². The Bertz CT molecular complexity index is 958. The zero-order valence-corrected chi connectivity index (χ0v) is 16.9. The van der Waals surface area contributed by atoms with Crippen LogP contribution in [-0.4, -0.2) is 38.9 Å². The number of rotatable bonds is 6. The van der Waals surface area contributed by atoms with E-state index in [2.05, 4.69) is 19.2 Å². The van der Waals surface area contributed by atoms with Crippen molar-refractivity contribution in [2.24, 2.45) is 5.92 Å². The molecule has 3 aliphatic rings. The lowest BCUT2D eigenvalue weighted by Gasteiger charge is -2.23. The monoisotopic (exact) mass is 394 g/mol. The van der Waals surface area contributed by atoms with Gasteiger partial charge in [-0.3, -0.25) is 4.79 Å². The van der Waals surface area contributed by atoms with Gasteiger partial charge in [0, 0.05) is 23.9 Å². The molecule has 0 radical (unpaired) electrons. The number of hydrogen-bond acceptors (Lipinski definition) is 5. The molecule has 5 rings (SSSR count). The molecule has 1 amide bonds. The summed E-state index contributed by atoms with van der Waals surface area (Å²) in [4.78, 5) is 15.7. The Hall–Kier alpha value is -2.73. The van der Waals surface area contributed by atoms with Crippen molar-refractivity contribution in [3.8, 4) is 17.2 Å². The molecule has 0 aromatic heterocycles. The van der Waals surface area contributed by atoms with Crippen molar-refractivity contribution in [3.63, 3.8) is 0 Å². The predicted octanol–water partition coefficient (Wildman–Crippen LogP) is 3.08. The average Bonchev–Trinajstić information content (AvgIpc) is 3.38. The Morgan fingerprint density at radius 1 is 1.07 bits per heavy atom. The van der Waals surface area contributed by atoms with Gasteiger partial charge in [-0.1, -0.05) is 32.0 Å². The average molecular weight is 394 g/mol. The van der Waals surface area contributed by atoms with Crippen molar-refractivity contribution in [2.45, 2.75) is 25.7 Å². The SMILES string of the molecule is CC(C)CNCCCN1C(=O)C2(COc3cc4c(cc32)OCO4)c2ccccc21. The van der Waals surface area contributed by atoms with Gasteiger partial charge in [0.2, 0.25) is 12.7 Å². The highest BCUT2D eigenvalue weighted by atomic mass is 16.7. The number of amides is 1. The third-order valence-electron chi connectivity index (χ3n) is 5.93. The fourth-order valence-electron chi connectivity index (χ4n) is 4.54. The summed E-state index contributed by atoms with van der Waals surface area (Å²) in [5.74, 6) is 2.76. The van der Waals surface area contributed by atoms with E-state index in [1.165, 1.54) is 0 Å². The van der Waals surface area contributed by atoms with Crippen LogP contribution in [0.15, 0.2) is 36.4 Å². The number of nitrogens with zero attached hydrogens (tertiary/aromatic N) is 1. The normalized spacial score (nSPS) is 21.1. The number of carbonyl (C=O) groups excluding carboxylic acids is 1. The highest BCUT2D eigenvalue weighted by Gasteiger charge is 2.57. The zero-order chi connectivity index (χ0) is 20.0. The molecular weight excluding hydrogens is 368 g/mol. The molecule has 0 bridgehead atoms. The molecule has 0 fully saturated rings. The summed E-state index contributed by atoms with van der Waals surface area (Å²) in [6.45, 7) is 7.46. The maximum absolute atomic E-state index is 13.8. The van der Waals surface area contributed by atoms with Crippen molar-refractivity contribution >= 4 is 11.6 Å². The molecule has 3 aliphatic heterocycles. The zero-order valence-electron chi connectivity index (χ0n) is 16.9. The van der Waals surface area contributed by atoms with Crippen LogP contribution in [0.1, 0.15) is 31.4 Å². The Labute approximate surface area is 170 Å². The molecule has 29 heavy (non-hydrogen) atoms. The Morgan fingerprint density at radius 2 is 1.86 bits per heavy atom. The third-order valence-corrected chi connectivity index (χ3v) is 5.93. The van der Waals surface area contributed by atoms with Gasteiger partial charge >= 0.3 is 0 Å². The molecule has 3 heterocycles. The van der Waals surface area contributed by atoms with E-state index in [-0.39, 0.29) is 12.7 Å². The standard InChI is InChI=1S/C23H26N2O4/c1-15(2)12-24-8-5-9-25-18-7-4-3-6-16(18)23(22(25)26)13-27-19-11-21-20(10-17(19)23)28-14-29-21/h3-4,6-7,10-11,15,24H,5,8-9,12-14H2,1-2H3. The lowest BCUT2D eigenvalue weighted by atomic mass is 9.77. The van der Waals surface area contributed by atoms with Gasteiger partial charge in [0.1, 0.15) is 17.8 Å². The van der Waals surface area contributed by atoms with Gasteiger partial charge in [0.05, 0.1) is 0 Å². The lowest BCUT2D eigenvalue weighted by Crippen LogP contribution is -2.43. The van der Waals surface area contributed by atoms with Gasteiger partial charge in [-0.25, -0.2) is 0 Å². The number of hydrogen-bond donors (Lipinski definition) is 1. The minimum absolute atomic E-state index is 0.0835. The second-order valence-corrected chi connectivity index (χ2v) is 8.32. The molecular formula is C23H26N2O4. The van der Waals surface area contributed by atoms with Gasteiger partial charge in [0.15, 0.2) is 11.5 Å². The quantitative estimate of drug-likeness (QED) is 0.763. The number of ether oxygens (including phenoxy) is 3. The molecule has 6 heteroatoms. The first-order chi connectivity index (χ1) is 14.1. The first-order valence-corrected chi connectivity index (χ1v) is 10.3. The molecule has 1 atom stereocenters. The molecule has 0 saturated carbocycles. The number of anilines is 1. The maximum Gasteiger partial charge on any atom is 0.245 e. The first-order valence-electron chi connectivity index (χ1n) is 10.3. The summed E-state index contributed by atoms with van der Waals surface area (Å²) in [7, 11) is 0. The van der Waals surface area contributed by atoms with E-state index in [4.69, 9.17) is 14.2 Å². The van der Waals surface area contributed by atoms with Crippen molar-refractivity contribution < 1.29 is 19.0 Å². The van der Waals surface area contributed by atoms with Gasteiger partial charge in [-0.15, -0.1) is 0 Å². The molecule has 6 nitrogen and oxygen atoms in total. The van der Waals surface area contributed by atoms with Gasteiger partial charge in [-0.2, -0.15) is 0 Å². The molecule has 152 valence electrons. The van der Waals surface area contributed by atoms with E-state index in [9.17, 15) is 4.79 Å². The fraction of sp³-hybridized carbons (Fsp3) is 0.435. The van der Waals surface area contributed by atoms with Crippen LogP contribution in [0.3, 0.4) is 0 Å². The lowest BCUT2D eigenvalue weighted by molar-refractivity contribution is -0.122. The van der Waals surface area contributed by atoms with Crippen LogP contribution >= 0.6 is 0 Å². The molecule has 0 aliphatic carbocycles. The maximum atomic E-state index is 13.8. The summed E-state index contributed by atoms with van der Waals surface area (Å²) >= 11 is 0. The summed E-state index contributed by atoms with van der Waals surface area (Å²) in [6.07, 6.45) is 0.901. The van der Waals surface area contributed by atoms with Crippen LogP contribution in [0.2, 0.25) is 0 Å². The van der Waals surface area contributed by atoms with Crippen LogP contribution in [-0.2, 0) is 10.2 Å². The van der Waals surface area contributed by atoms with Crippen molar-refractivity contribution in [1.29, 1.82) is 0 Å². The van der Waals surface area contributed by atoms with E-state index in [0.717, 1.165) is 36.3 Å². The summed E-state index contributed by atoms with van der Waals surface area (Å²) in [5, 5.41) is 3.46. The Balaban J connectivity index is 1.46. The third kappa shape index (κ3) is 2.77. The second-order valence-electron chi connectivity index (χ2n) is 8.32. The minimum atomic E-state index is -0.807. The van der Waals surface area contributed by atoms with Crippen LogP contribution in [0, 0.1) is 5.92 Å². The molecule has 2 aromatic carbocycles. The topological polar surface area (TPSA) is 60.0 Å². The minimum Gasteiger partial charge on any atom is -0.491 e. The van der Waals surface area contributed by atoms with Crippen LogP contribution in [0.25, 0.3) is 0 Å². The van der Waals surface area contributed by atoms with E-state index in [0.29, 0.717) is 36.3 Å². The predicted molar refractivity (Wildman–Crippen MR) is 110 cm³/mol. The highest BCUT2D eigenvalue weighted by Crippen LogP contribution is 2.54. The number of nitrogens with one attached hydrogen (secondary N) is 1. The second kappa shape index (κ2) is 6.95. The van der Waals surface area contributed by atoms with E-state index in [1.807, 2.05) is 41.3 Å². The van der Waals surface area contributed by atoms with E-state index < -0.39 is 5.41 Å². The number of benzene rings is 2. The molecule has 2 aromatic rings. The highest BCUT2D eigenvalue weighted by molar-refractivity contribution is 6.11. The first kappa shape index (κ1) is 18.3. The van der Waals surface area contributed by atoms with E-state index >= 15 is 0 Å². The molecule has 1 N–H and O–H groups in total. The van der Waals surface area contributed by atoms with Crippen molar-refractivity contribution in [3.05, 3.63) is 47.5 Å². The van der Waals surface area contributed by atoms with Crippen LogP contribution in [0.5, 0.6) is 17.2 Å². The van der Waals surface area contributed by atoms with Crippen LogP contribution < -0.4 is 24.4 Å². The summed E-state index contributed by atoms with van der Waals surface area (Å²) in [6, 6.07) is 11.8. The van der Waals surface area contributed by atoms with E-state index in [1.54, 1.807) is 0 Å². The Kier molecular flexibility index (Phi) is 4.39. The van der Waals surface area contributed by atoms with Gasteiger partial charge in [-0.05, 0) is 43.1 Å². The number of fused-ring (bicyclic) bond motifs is 5. The summed E-state index contributed by atoms with van der Waals surface area (Å²) in [5.41, 5.74) is 2.06. The number of para-hydroxylation sites is 1. The molecule has 1 spiro atoms.